The zero-order valence-corrected chi connectivity index (χ0v) is 10.6. The van der Waals surface area contributed by atoms with Gasteiger partial charge >= 0.3 is 0 Å². The molecule has 0 aliphatic carbocycles. The number of hydrogen-bond donors (Lipinski definition) is 0. The lowest BCUT2D eigenvalue weighted by Crippen LogP contribution is -2.06. The Labute approximate surface area is 105 Å². The van der Waals surface area contributed by atoms with Crippen LogP contribution in [0.15, 0.2) is 39.5 Å². The molecule has 1 atom stereocenters. The van der Waals surface area contributed by atoms with Crippen LogP contribution in [0.4, 0.5) is 0 Å². The van der Waals surface area contributed by atoms with Gasteiger partial charge in [-0.25, -0.2) is 0 Å². The zero-order valence-electron chi connectivity index (χ0n) is 7.59. The van der Waals surface area contributed by atoms with E-state index < -0.39 is 0 Å². The van der Waals surface area contributed by atoms with E-state index in [1.54, 1.807) is 18.0 Å². The van der Waals surface area contributed by atoms with Crippen molar-refractivity contribution in [3.63, 3.8) is 0 Å². The number of aliphatic imine (C=N–C) groups is 1. The molecule has 5 heteroatoms. The molecule has 1 aromatic carbocycles. The van der Waals surface area contributed by atoms with Crippen LogP contribution >= 0.6 is 34.4 Å². The molecule has 0 aromatic heterocycles. The normalized spacial score (nSPS) is 22.6. The molecule has 1 aromatic rings. The molecule has 3 rings (SSSR count). The summed E-state index contributed by atoms with van der Waals surface area (Å²) >= 11 is 3.91. The van der Waals surface area contributed by atoms with Crippen molar-refractivity contribution >= 4 is 50.7 Å². The van der Waals surface area contributed by atoms with Crippen molar-refractivity contribution < 1.29 is 0 Å². The number of nitrogens with zero attached hydrogens (tertiary/aromatic N) is 3. The highest BCUT2D eigenvalue weighted by Gasteiger charge is 2.27. The van der Waals surface area contributed by atoms with Gasteiger partial charge in [0.05, 0.1) is 6.21 Å². The predicted molar refractivity (Wildman–Crippen MR) is 73.0 cm³/mol. The molecule has 0 spiro atoms. The summed E-state index contributed by atoms with van der Waals surface area (Å²) in [5, 5.41) is 9.90. The van der Waals surface area contributed by atoms with Crippen molar-refractivity contribution in [2.24, 2.45) is 15.2 Å². The Kier molecular flexibility index (Phi) is 2.36. The molecular formula is C10H6IN3S. The van der Waals surface area contributed by atoms with Crippen LogP contribution in [-0.2, 0) is 0 Å². The van der Waals surface area contributed by atoms with Gasteiger partial charge in [-0.05, 0) is 46.5 Å². The van der Waals surface area contributed by atoms with Crippen molar-refractivity contribution in [1.82, 2.24) is 0 Å². The van der Waals surface area contributed by atoms with Crippen molar-refractivity contribution in [3.8, 4) is 0 Å². The summed E-state index contributed by atoms with van der Waals surface area (Å²) in [5.74, 6) is 0. The van der Waals surface area contributed by atoms with E-state index in [1.807, 2.05) is 0 Å². The number of fused-ring (bicyclic) bond motifs is 1. The van der Waals surface area contributed by atoms with Crippen LogP contribution in [0.25, 0.3) is 0 Å². The van der Waals surface area contributed by atoms with Crippen molar-refractivity contribution in [2.45, 2.75) is 6.04 Å². The van der Waals surface area contributed by atoms with Gasteiger partial charge in [0.1, 0.15) is 16.1 Å². The second-order valence-corrected chi connectivity index (χ2v) is 5.45. The third-order valence-electron chi connectivity index (χ3n) is 2.17. The molecule has 1 unspecified atom stereocenters. The minimum absolute atomic E-state index is 0.0734. The molecule has 74 valence electrons. The van der Waals surface area contributed by atoms with Crippen molar-refractivity contribution in [1.29, 1.82) is 0 Å². The molecule has 0 radical (unpaired) electrons. The molecule has 2 heterocycles. The molecule has 0 saturated carbocycles. The van der Waals surface area contributed by atoms with Crippen molar-refractivity contribution in [3.05, 3.63) is 33.4 Å². The first kappa shape index (κ1) is 9.53. The monoisotopic (exact) mass is 327 g/mol. The second kappa shape index (κ2) is 3.71. The predicted octanol–water partition coefficient (Wildman–Crippen LogP) is 2.55. The lowest BCUT2D eigenvalue weighted by atomic mass is 10.2. The van der Waals surface area contributed by atoms with Crippen LogP contribution in [-0.4, -0.2) is 22.3 Å². The maximum atomic E-state index is 4.55. The summed E-state index contributed by atoms with van der Waals surface area (Å²) in [4.78, 5) is 4.55. The number of rotatable bonds is 1. The smallest absolute Gasteiger partial charge is 0.138 e. The Bertz CT molecular complexity index is 490. The summed E-state index contributed by atoms with van der Waals surface area (Å²) in [5.41, 5.74) is 1.16. The van der Waals surface area contributed by atoms with Gasteiger partial charge in [-0.3, -0.25) is 4.99 Å². The maximum Gasteiger partial charge on any atom is 0.138 e. The topological polar surface area (TPSA) is 37.1 Å². The van der Waals surface area contributed by atoms with Crippen LogP contribution in [0, 0.1) is 3.57 Å². The first-order chi connectivity index (χ1) is 7.33. The molecule has 2 aliphatic heterocycles. The third kappa shape index (κ3) is 1.74. The van der Waals surface area contributed by atoms with Crippen LogP contribution in [0.5, 0.6) is 0 Å². The standard InChI is InChI=1S/C10H6IN3S/c11-7-3-1-6(2-4-7)9-13-8-5-12-14-10(8)15-9/h1-5,8H. The second-order valence-electron chi connectivity index (χ2n) is 3.19. The Morgan fingerprint density at radius 3 is 2.73 bits per heavy atom. The van der Waals surface area contributed by atoms with E-state index in [-0.39, 0.29) is 6.04 Å². The van der Waals surface area contributed by atoms with Gasteiger partial charge in [0, 0.05) is 9.13 Å². The minimum atomic E-state index is 0.0734. The van der Waals surface area contributed by atoms with Gasteiger partial charge in [-0.1, -0.05) is 12.1 Å². The summed E-state index contributed by atoms with van der Waals surface area (Å²) in [6, 6.07) is 8.43. The molecule has 0 amide bonds. The highest BCUT2D eigenvalue weighted by molar-refractivity contribution is 14.1. The van der Waals surface area contributed by atoms with Gasteiger partial charge in [0.15, 0.2) is 0 Å². The zero-order chi connectivity index (χ0) is 10.3. The van der Waals surface area contributed by atoms with Gasteiger partial charge < -0.3 is 0 Å². The number of benzene rings is 1. The lowest BCUT2D eigenvalue weighted by molar-refractivity contribution is 1.22. The summed E-state index contributed by atoms with van der Waals surface area (Å²) in [6.07, 6.45) is 1.78. The number of thioether (sulfide) groups is 1. The number of hydrogen-bond acceptors (Lipinski definition) is 4. The molecule has 2 aliphatic rings. The van der Waals surface area contributed by atoms with Crippen LogP contribution in [0.2, 0.25) is 0 Å². The van der Waals surface area contributed by atoms with E-state index in [4.69, 9.17) is 0 Å². The van der Waals surface area contributed by atoms with E-state index in [0.717, 1.165) is 15.7 Å². The first-order valence-electron chi connectivity index (χ1n) is 4.45. The fourth-order valence-corrected chi connectivity index (χ4v) is 2.72. The summed E-state index contributed by atoms with van der Waals surface area (Å²) in [6.45, 7) is 0. The SMILES string of the molecule is Ic1ccc(C2=NC3C=NN=C3S2)cc1. The minimum Gasteiger partial charge on any atom is -0.261 e. The molecule has 15 heavy (non-hydrogen) atoms. The average Bonchev–Trinajstić information content (AvgIpc) is 2.78. The third-order valence-corrected chi connectivity index (χ3v) is 3.95. The van der Waals surface area contributed by atoms with E-state index in [9.17, 15) is 0 Å². The van der Waals surface area contributed by atoms with Gasteiger partial charge in [0.25, 0.3) is 0 Å². The van der Waals surface area contributed by atoms with Crippen LogP contribution in [0.3, 0.4) is 0 Å². The van der Waals surface area contributed by atoms with E-state index in [2.05, 4.69) is 62.1 Å². The molecule has 0 N–H and O–H groups in total. The summed E-state index contributed by atoms with van der Waals surface area (Å²) in [7, 11) is 0. The Hall–Kier alpha value is -0.690. The fraction of sp³-hybridized carbons (Fsp3) is 0.100. The van der Waals surface area contributed by atoms with Gasteiger partial charge in [-0.2, -0.15) is 5.10 Å². The fourth-order valence-electron chi connectivity index (χ4n) is 1.42. The van der Waals surface area contributed by atoms with Gasteiger partial charge in [-0.15, -0.1) is 5.10 Å². The molecule has 0 saturated heterocycles. The Morgan fingerprint density at radius 2 is 2.00 bits per heavy atom. The average molecular weight is 327 g/mol. The Balaban J connectivity index is 1.94. The first-order valence-corrected chi connectivity index (χ1v) is 6.35. The molecular weight excluding hydrogens is 321 g/mol. The molecule has 0 fully saturated rings. The van der Waals surface area contributed by atoms with Gasteiger partial charge in [0.2, 0.25) is 0 Å². The lowest BCUT2D eigenvalue weighted by Gasteiger charge is -1.98. The maximum absolute atomic E-state index is 4.55. The molecule has 0 bridgehead atoms. The highest BCUT2D eigenvalue weighted by Crippen LogP contribution is 2.28. The van der Waals surface area contributed by atoms with E-state index in [1.165, 1.54) is 3.57 Å². The van der Waals surface area contributed by atoms with Crippen molar-refractivity contribution in [2.75, 3.05) is 0 Å². The summed E-state index contributed by atoms with van der Waals surface area (Å²) < 4.78 is 1.24. The van der Waals surface area contributed by atoms with E-state index >= 15 is 0 Å². The molecule has 3 nitrogen and oxygen atoms in total. The largest absolute Gasteiger partial charge is 0.261 e. The Morgan fingerprint density at radius 1 is 1.20 bits per heavy atom. The number of halogens is 1. The highest BCUT2D eigenvalue weighted by atomic mass is 127. The quantitative estimate of drug-likeness (QED) is 0.731. The van der Waals surface area contributed by atoms with E-state index in [0.29, 0.717) is 0 Å². The van der Waals surface area contributed by atoms with Crippen LogP contribution < -0.4 is 0 Å². The van der Waals surface area contributed by atoms with Crippen LogP contribution in [0.1, 0.15) is 5.56 Å².